The van der Waals surface area contributed by atoms with Gasteiger partial charge in [0.25, 0.3) is 0 Å². The van der Waals surface area contributed by atoms with Crippen molar-refractivity contribution in [2.45, 2.75) is 5.41 Å². The Labute approximate surface area is 113 Å². The molecule has 3 rings (SSSR count). The number of nitrogens with one attached hydrogen (secondary N) is 1. The smallest absolute Gasteiger partial charge is 0.119 e. The molecule has 1 saturated heterocycles. The van der Waals surface area contributed by atoms with Gasteiger partial charge in [-0.2, -0.15) is 0 Å². The van der Waals surface area contributed by atoms with Crippen LogP contribution >= 0.6 is 0 Å². The number of rotatable bonds is 4. The third kappa shape index (κ3) is 2.09. The van der Waals surface area contributed by atoms with Crippen LogP contribution in [0.15, 0.2) is 36.4 Å². The van der Waals surface area contributed by atoms with Crippen molar-refractivity contribution in [3.8, 4) is 5.75 Å². The Morgan fingerprint density at radius 1 is 1.16 bits per heavy atom. The molecule has 2 aromatic carbocycles. The van der Waals surface area contributed by atoms with Crippen LogP contribution in [0, 0.1) is 0 Å². The van der Waals surface area contributed by atoms with E-state index in [-0.39, 0.29) is 5.41 Å². The van der Waals surface area contributed by atoms with Crippen LogP contribution in [0.5, 0.6) is 5.75 Å². The first kappa shape index (κ1) is 12.5. The predicted molar refractivity (Wildman–Crippen MR) is 76.9 cm³/mol. The number of hydrogen-bond acceptors (Lipinski definition) is 3. The van der Waals surface area contributed by atoms with Gasteiger partial charge in [-0.25, -0.2) is 0 Å². The van der Waals surface area contributed by atoms with Gasteiger partial charge in [-0.05, 0) is 35.5 Å². The Morgan fingerprint density at radius 2 is 1.89 bits per heavy atom. The van der Waals surface area contributed by atoms with Gasteiger partial charge in [-0.1, -0.05) is 24.3 Å². The first-order valence-electron chi connectivity index (χ1n) is 6.58. The van der Waals surface area contributed by atoms with E-state index in [0.717, 1.165) is 25.5 Å². The van der Waals surface area contributed by atoms with Crippen LogP contribution in [0.1, 0.15) is 5.56 Å². The van der Waals surface area contributed by atoms with Gasteiger partial charge in [0.1, 0.15) is 5.75 Å². The fraction of sp³-hybridized carbons (Fsp3) is 0.375. The zero-order chi connectivity index (χ0) is 13.3. The van der Waals surface area contributed by atoms with Gasteiger partial charge in [-0.3, -0.25) is 0 Å². The van der Waals surface area contributed by atoms with Crippen molar-refractivity contribution in [2.75, 3.05) is 33.9 Å². The van der Waals surface area contributed by atoms with Crippen LogP contribution < -0.4 is 10.1 Å². The maximum atomic E-state index is 5.43. The summed E-state index contributed by atoms with van der Waals surface area (Å²) in [5.41, 5.74) is 1.49. The molecular formula is C16H19NO2. The summed E-state index contributed by atoms with van der Waals surface area (Å²) in [6.45, 7) is 2.56. The molecule has 0 aromatic heterocycles. The predicted octanol–water partition coefficient (Wildman–Crippen LogP) is 2.34. The molecule has 3 nitrogen and oxygen atoms in total. The zero-order valence-electron chi connectivity index (χ0n) is 11.4. The normalized spacial score (nSPS) is 17.2. The van der Waals surface area contributed by atoms with Crippen LogP contribution in [0.3, 0.4) is 0 Å². The number of likely N-dealkylation sites (N-methyl/N-ethyl adjacent to an activating group) is 1. The Morgan fingerprint density at radius 3 is 2.53 bits per heavy atom. The summed E-state index contributed by atoms with van der Waals surface area (Å²) in [6.07, 6.45) is 0. The van der Waals surface area contributed by atoms with Crippen molar-refractivity contribution in [2.24, 2.45) is 0 Å². The third-order valence-electron chi connectivity index (χ3n) is 3.93. The average molecular weight is 257 g/mol. The number of benzene rings is 2. The van der Waals surface area contributed by atoms with E-state index in [1.165, 1.54) is 16.3 Å². The van der Waals surface area contributed by atoms with Crippen LogP contribution in [-0.2, 0) is 10.2 Å². The van der Waals surface area contributed by atoms with E-state index in [1.54, 1.807) is 7.11 Å². The second-order valence-corrected chi connectivity index (χ2v) is 5.23. The minimum absolute atomic E-state index is 0.142. The molecular weight excluding hydrogens is 238 g/mol. The maximum Gasteiger partial charge on any atom is 0.119 e. The molecule has 0 atom stereocenters. The Hall–Kier alpha value is -1.58. The molecule has 0 saturated carbocycles. The molecule has 0 bridgehead atoms. The topological polar surface area (TPSA) is 30.5 Å². The lowest BCUT2D eigenvalue weighted by molar-refractivity contribution is -0.0581. The second kappa shape index (κ2) is 4.83. The molecule has 1 heterocycles. The lowest BCUT2D eigenvalue weighted by Crippen LogP contribution is -2.52. The molecule has 1 aliphatic rings. The van der Waals surface area contributed by atoms with E-state index in [9.17, 15) is 0 Å². The summed E-state index contributed by atoms with van der Waals surface area (Å²) in [4.78, 5) is 0. The minimum atomic E-state index is 0.142. The van der Waals surface area contributed by atoms with E-state index < -0.39 is 0 Å². The minimum Gasteiger partial charge on any atom is -0.497 e. The van der Waals surface area contributed by atoms with Gasteiger partial charge in [-0.15, -0.1) is 0 Å². The van der Waals surface area contributed by atoms with Gasteiger partial charge in [0, 0.05) is 6.54 Å². The van der Waals surface area contributed by atoms with Crippen LogP contribution in [0.2, 0.25) is 0 Å². The molecule has 19 heavy (non-hydrogen) atoms. The van der Waals surface area contributed by atoms with Crippen molar-refractivity contribution in [3.05, 3.63) is 42.0 Å². The molecule has 0 unspecified atom stereocenters. The summed E-state index contributed by atoms with van der Waals surface area (Å²) in [5, 5.41) is 5.74. The largest absolute Gasteiger partial charge is 0.497 e. The molecule has 100 valence electrons. The molecule has 1 N–H and O–H groups in total. The molecule has 0 spiro atoms. The lowest BCUT2D eigenvalue weighted by Gasteiger charge is -2.42. The maximum absolute atomic E-state index is 5.43. The summed E-state index contributed by atoms with van der Waals surface area (Å²) in [6, 6.07) is 12.8. The quantitative estimate of drug-likeness (QED) is 0.912. The Bertz CT molecular complexity index is 590. The van der Waals surface area contributed by atoms with E-state index >= 15 is 0 Å². The van der Waals surface area contributed by atoms with E-state index in [2.05, 4.69) is 35.6 Å². The highest BCUT2D eigenvalue weighted by Crippen LogP contribution is 2.34. The van der Waals surface area contributed by atoms with E-state index in [4.69, 9.17) is 9.47 Å². The fourth-order valence-corrected chi connectivity index (χ4v) is 2.74. The van der Waals surface area contributed by atoms with Crippen molar-refractivity contribution in [1.82, 2.24) is 5.32 Å². The van der Waals surface area contributed by atoms with Crippen LogP contribution in [0.25, 0.3) is 10.8 Å². The summed E-state index contributed by atoms with van der Waals surface area (Å²) in [5.74, 6) is 0.900. The third-order valence-corrected chi connectivity index (χ3v) is 3.93. The van der Waals surface area contributed by atoms with Gasteiger partial charge < -0.3 is 14.8 Å². The molecule has 2 aromatic rings. The second-order valence-electron chi connectivity index (χ2n) is 5.23. The van der Waals surface area contributed by atoms with Crippen LogP contribution in [0.4, 0.5) is 0 Å². The zero-order valence-corrected chi connectivity index (χ0v) is 11.4. The number of fused-ring (bicyclic) bond motifs is 1. The molecule has 0 radical (unpaired) electrons. The standard InChI is InChI=1S/C16H19NO2/c1-17-9-16(10-19-11-16)14-5-3-13-8-15(18-2)6-4-12(13)7-14/h3-8,17H,9-11H2,1-2H3. The first-order chi connectivity index (χ1) is 9.27. The van der Waals surface area contributed by atoms with Gasteiger partial charge >= 0.3 is 0 Å². The summed E-state index contributed by atoms with van der Waals surface area (Å²) < 4.78 is 10.7. The van der Waals surface area contributed by atoms with E-state index in [1.807, 2.05) is 13.1 Å². The molecule has 3 heteroatoms. The van der Waals surface area contributed by atoms with Crippen molar-refractivity contribution in [3.63, 3.8) is 0 Å². The Balaban J connectivity index is 2.01. The average Bonchev–Trinajstić information content (AvgIpc) is 2.41. The SMILES string of the molecule is CNCC1(c2ccc3cc(OC)ccc3c2)COC1. The molecule has 0 amide bonds. The molecule has 1 fully saturated rings. The number of ether oxygens (including phenoxy) is 2. The highest BCUT2D eigenvalue weighted by atomic mass is 16.5. The fourth-order valence-electron chi connectivity index (χ4n) is 2.74. The summed E-state index contributed by atoms with van der Waals surface area (Å²) >= 11 is 0. The number of hydrogen-bond donors (Lipinski definition) is 1. The van der Waals surface area contributed by atoms with Crippen molar-refractivity contribution in [1.29, 1.82) is 0 Å². The monoisotopic (exact) mass is 257 g/mol. The highest BCUT2D eigenvalue weighted by molar-refractivity contribution is 5.84. The highest BCUT2D eigenvalue weighted by Gasteiger charge is 2.39. The molecule has 1 aliphatic heterocycles. The van der Waals surface area contributed by atoms with Gasteiger partial charge in [0.15, 0.2) is 0 Å². The number of methoxy groups -OCH3 is 1. The van der Waals surface area contributed by atoms with Crippen LogP contribution in [-0.4, -0.2) is 33.9 Å². The van der Waals surface area contributed by atoms with Gasteiger partial charge in [0.2, 0.25) is 0 Å². The van der Waals surface area contributed by atoms with Gasteiger partial charge in [0.05, 0.1) is 25.7 Å². The first-order valence-corrected chi connectivity index (χ1v) is 6.58. The lowest BCUT2D eigenvalue weighted by atomic mass is 9.78. The Kier molecular flexibility index (Phi) is 3.17. The van der Waals surface area contributed by atoms with E-state index in [0.29, 0.717) is 0 Å². The molecule has 0 aliphatic carbocycles. The van der Waals surface area contributed by atoms with Crippen molar-refractivity contribution < 1.29 is 9.47 Å². The summed E-state index contributed by atoms with van der Waals surface area (Å²) in [7, 11) is 3.69. The van der Waals surface area contributed by atoms with Crippen molar-refractivity contribution >= 4 is 10.8 Å².